The molecule has 0 atom stereocenters. The van der Waals surface area contributed by atoms with Gasteiger partial charge in [0.15, 0.2) is 0 Å². The van der Waals surface area contributed by atoms with Crippen molar-refractivity contribution in [2.75, 3.05) is 37.9 Å². The highest BCUT2D eigenvalue weighted by molar-refractivity contribution is 5.94. The van der Waals surface area contributed by atoms with E-state index in [0.717, 1.165) is 12.2 Å². The molecule has 0 fully saturated rings. The lowest BCUT2D eigenvalue weighted by molar-refractivity contribution is 0.0698. The van der Waals surface area contributed by atoms with Crippen molar-refractivity contribution in [1.82, 2.24) is 0 Å². The lowest BCUT2D eigenvalue weighted by atomic mass is 10.1. The van der Waals surface area contributed by atoms with Crippen LogP contribution in [-0.2, 0) is 4.74 Å². The largest absolute Gasteiger partial charge is 0.478 e. The number of ether oxygens (including phenoxy) is 1. The summed E-state index contributed by atoms with van der Waals surface area (Å²) in [6.45, 7) is 1.33. The van der Waals surface area contributed by atoms with E-state index in [1.54, 1.807) is 19.2 Å². The van der Waals surface area contributed by atoms with Gasteiger partial charge in [-0.15, -0.1) is 0 Å². The molecule has 0 bridgehead atoms. The molecule has 16 heavy (non-hydrogen) atoms. The number of carboxylic acids is 1. The lowest BCUT2D eigenvalue weighted by Gasteiger charge is -2.19. The molecule has 0 aliphatic rings. The molecular weight excluding hydrogens is 208 g/mol. The van der Waals surface area contributed by atoms with Crippen molar-refractivity contribution >= 4 is 17.3 Å². The number of nitrogens with zero attached hydrogens (tertiary/aromatic N) is 1. The average Bonchev–Trinajstić information content (AvgIpc) is 2.25. The highest BCUT2D eigenvalue weighted by Gasteiger charge is 2.09. The molecule has 1 rings (SSSR count). The van der Waals surface area contributed by atoms with Crippen molar-refractivity contribution in [2.24, 2.45) is 0 Å². The molecule has 3 N–H and O–H groups in total. The van der Waals surface area contributed by atoms with Crippen LogP contribution in [0.4, 0.5) is 11.4 Å². The third-order valence-corrected chi connectivity index (χ3v) is 2.34. The molecule has 0 aromatic heterocycles. The van der Waals surface area contributed by atoms with E-state index in [2.05, 4.69) is 0 Å². The Bertz CT molecular complexity index is 379. The summed E-state index contributed by atoms with van der Waals surface area (Å²) in [5.41, 5.74) is 6.93. The van der Waals surface area contributed by atoms with Gasteiger partial charge in [-0.1, -0.05) is 0 Å². The summed E-state index contributed by atoms with van der Waals surface area (Å²) >= 11 is 0. The third kappa shape index (κ3) is 2.87. The van der Waals surface area contributed by atoms with E-state index in [-0.39, 0.29) is 11.3 Å². The highest BCUT2D eigenvalue weighted by Crippen LogP contribution is 2.20. The summed E-state index contributed by atoms with van der Waals surface area (Å²) < 4.78 is 4.96. The van der Waals surface area contributed by atoms with Crippen molar-refractivity contribution in [3.05, 3.63) is 23.8 Å². The predicted molar refractivity (Wildman–Crippen MR) is 63.0 cm³/mol. The molecule has 0 heterocycles. The number of nitrogen functional groups attached to an aromatic ring is 1. The van der Waals surface area contributed by atoms with E-state index in [1.807, 2.05) is 11.9 Å². The van der Waals surface area contributed by atoms with Gasteiger partial charge in [-0.2, -0.15) is 0 Å². The smallest absolute Gasteiger partial charge is 0.337 e. The van der Waals surface area contributed by atoms with Gasteiger partial charge in [-0.05, 0) is 18.2 Å². The first-order valence-electron chi connectivity index (χ1n) is 4.89. The number of methoxy groups -OCH3 is 1. The molecule has 0 aliphatic carbocycles. The van der Waals surface area contributed by atoms with Crippen LogP contribution in [0.2, 0.25) is 0 Å². The summed E-state index contributed by atoms with van der Waals surface area (Å²) in [4.78, 5) is 12.7. The molecule has 1 aromatic rings. The van der Waals surface area contributed by atoms with Gasteiger partial charge in [0.05, 0.1) is 12.2 Å². The van der Waals surface area contributed by atoms with E-state index in [9.17, 15) is 4.79 Å². The minimum atomic E-state index is -1.01. The monoisotopic (exact) mass is 224 g/mol. The first-order chi connectivity index (χ1) is 7.56. The Labute approximate surface area is 94.4 Å². The molecule has 0 saturated heterocycles. The van der Waals surface area contributed by atoms with Gasteiger partial charge in [0.1, 0.15) is 0 Å². The molecule has 5 nitrogen and oxygen atoms in total. The van der Waals surface area contributed by atoms with Gasteiger partial charge in [-0.3, -0.25) is 0 Å². The molecular formula is C11H16N2O3. The maximum absolute atomic E-state index is 10.8. The van der Waals surface area contributed by atoms with Crippen LogP contribution < -0.4 is 10.6 Å². The second kappa shape index (κ2) is 5.37. The summed E-state index contributed by atoms with van der Waals surface area (Å²) in [7, 11) is 3.53. The number of hydrogen-bond donors (Lipinski definition) is 2. The van der Waals surface area contributed by atoms with Gasteiger partial charge in [0.25, 0.3) is 0 Å². The van der Waals surface area contributed by atoms with E-state index < -0.39 is 5.97 Å². The van der Waals surface area contributed by atoms with Gasteiger partial charge in [0.2, 0.25) is 0 Å². The third-order valence-electron chi connectivity index (χ3n) is 2.34. The fourth-order valence-corrected chi connectivity index (χ4v) is 1.34. The number of carbonyl (C=O) groups is 1. The zero-order chi connectivity index (χ0) is 12.1. The number of carboxylic acid groups (broad SMARTS) is 1. The number of aromatic carboxylic acids is 1. The van der Waals surface area contributed by atoms with Crippen molar-refractivity contribution in [1.29, 1.82) is 0 Å². The zero-order valence-corrected chi connectivity index (χ0v) is 9.43. The molecule has 0 unspecified atom stereocenters. The summed E-state index contributed by atoms with van der Waals surface area (Å²) in [6.07, 6.45) is 0. The minimum absolute atomic E-state index is 0.129. The summed E-state index contributed by atoms with van der Waals surface area (Å²) in [6, 6.07) is 4.89. The first-order valence-corrected chi connectivity index (χ1v) is 4.89. The Morgan fingerprint density at radius 3 is 2.75 bits per heavy atom. The summed E-state index contributed by atoms with van der Waals surface area (Å²) in [5.74, 6) is -1.01. The Balaban J connectivity index is 2.84. The minimum Gasteiger partial charge on any atom is -0.478 e. The van der Waals surface area contributed by atoms with Crippen LogP contribution in [0.1, 0.15) is 10.4 Å². The predicted octanol–water partition coefficient (Wildman–Crippen LogP) is 1.05. The number of anilines is 2. The molecule has 0 spiro atoms. The quantitative estimate of drug-likeness (QED) is 0.731. The maximum Gasteiger partial charge on any atom is 0.337 e. The fraction of sp³-hybridized carbons (Fsp3) is 0.364. The highest BCUT2D eigenvalue weighted by atomic mass is 16.5. The second-order valence-corrected chi connectivity index (χ2v) is 3.49. The second-order valence-electron chi connectivity index (χ2n) is 3.49. The van der Waals surface area contributed by atoms with Crippen LogP contribution in [0.3, 0.4) is 0 Å². The molecule has 1 aromatic carbocycles. The lowest BCUT2D eigenvalue weighted by Crippen LogP contribution is -2.22. The van der Waals surface area contributed by atoms with Gasteiger partial charge < -0.3 is 20.5 Å². The van der Waals surface area contributed by atoms with Gasteiger partial charge in [-0.25, -0.2) is 4.79 Å². The SMILES string of the molecule is COCCN(C)c1ccc(C(=O)O)c(N)c1. The van der Waals surface area contributed by atoms with Crippen LogP contribution in [0.15, 0.2) is 18.2 Å². The number of hydrogen-bond acceptors (Lipinski definition) is 4. The maximum atomic E-state index is 10.8. The molecule has 0 aliphatic heterocycles. The van der Waals surface area contributed by atoms with Crippen LogP contribution in [-0.4, -0.2) is 38.4 Å². The van der Waals surface area contributed by atoms with E-state index in [1.165, 1.54) is 6.07 Å². The van der Waals surface area contributed by atoms with E-state index >= 15 is 0 Å². The molecule has 88 valence electrons. The topological polar surface area (TPSA) is 75.8 Å². The number of benzene rings is 1. The first kappa shape index (κ1) is 12.3. The van der Waals surface area contributed by atoms with Crippen LogP contribution in [0.5, 0.6) is 0 Å². The Morgan fingerprint density at radius 2 is 2.25 bits per heavy atom. The van der Waals surface area contributed by atoms with Crippen molar-refractivity contribution in [2.45, 2.75) is 0 Å². The number of rotatable bonds is 5. The standard InChI is InChI=1S/C11H16N2O3/c1-13(5-6-16-2)8-3-4-9(11(14)15)10(12)7-8/h3-4,7H,5-6,12H2,1-2H3,(H,14,15). The van der Waals surface area contributed by atoms with E-state index in [4.69, 9.17) is 15.6 Å². The number of nitrogens with two attached hydrogens (primary N) is 1. The normalized spacial score (nSPS) is 10.1. The molecule has 0 saturated carbocycles. The van der Waals surface area contributed by atoms with Gasteiger partial charge in [0, 0.05) is 32.1 Å². The van der Waals surface area contributed by atoms with Crippen molar-refractivity contribution < 1.29 is 14.6 Å². The number of likely N-dealkylation sites (N-methyl/N-ethyl adjacent to an activating group) is 1. The molecule has 5 heteroatoms. The zero-order valence-electron chi connectivity index (χ0n) is 9.43. The van der Waals surface area contributed by atoms with Crippen molar-refractivity contribution in [3.8, 4) is 0 Å². The fourth-order valence-electron chi connectivity index (χ4n) is 1.34. The van der Waals surface area contributed by atoms with Crippen LogP contribution >= 0.6 is 0 Å². The Morgan fingerprint density at radius 1 is 1.56 bits per heavy atom. The Kier molecular flexibility index (Phi) is 4.13. The van der Waals surface area contributed by atoms with Crippen LogP contribution in [0.25, 0.3) is 0 Å². The summed E-state index contributed by atoms with van der Waals surface area (Å²) in [5, 5.41) is 8.82. The van der Waals surface area contributed by atoms with Gasteiger partial charge >= 0.3 is 5.97 Å². The molecule has 0 amide bonds. The Hall–Kier alpha value is -1.75. The van der Waals surface area contributed by atoms with E-state index in [0.29, 0.717) is 6.61 Å². The molecule has 0 radical (unpaired) electrons. The average molecular weight is 224 g/mol. The van der Waals surface area contributed by atoms with Crippen molar-refractivity contribution in [3.63, 3.8) is 0 Å². The van der Waals surface area contributed by atoms with Crippen LogP contribution in [0, 0.1) is 0 Å².